The first-order chi connectivity index (χ1) is 20.0. The molecule has 1 aliphatic rings. The van der Waals surface area contributed by atoms with Gasteiger partial charge in [0.15, 0.2) is 0 Å². The molecule has 8 nitrogen and oxygen atoms in total. The molecule has 2 aromatic rings. The van der Waals surface area contributed by atoms with Crippen molar-refractivity contribution >= 4 is 45.0 Å². The van der Waals surface area contributed by atoms with Crippen LogP contribution in [0.15, 0.2) is 29.8 Å². The molecular formula is C32H47BrN4O4S. The minimum atomic E-state index is -0.794. The average Bonchev–Trinajstić information content (AvgIpc) is 3.56. The number of nitrogens with one attached hydrogen (secondary N) is 2. The van der Waals surface area contributed by atoms with Gasteiger partial charge in [0, 0.05) is 31.3 Å². The number of aliphatic hydroxyl groups excluding tert-OH is 1. The van der Waals surface area contributed by atoms with E-state index in [1.165, 1.54) is 30.6 Å². The van der Waals surface area contributed by atoms with Crippen LogP contribution >= 0.6 is 27.3 Å². The molecule has 3 amide bonds. The van der Waals surface area contributed by atoms with Crippen molar-refractivity contribution in [3.63, 3.8) is 0 Å². The number of thiazole rings is 1. The third kappa shape index (κ3) is 10.2. The van der Waals surface area contributed by atoms with Gasteiger partial charge in [0.25, 0.3) is 0 Å². The molecule has 10 heteroatoms. The van der Waals surface area contributed by atoms with Gasteiger partial charge in [0.1, 0.15) is 12.1 Å². The second kappa shape index (κ2) is 16.5. The summed E-state index contributed by atoms with van der Waals surface area (Å²) in [5.41, 5.74) is 4.27. The van der Waals surface area contributed by atoms with Gasteiger partial charge < -0.3 is 20.6 Å². The lowest BCUT2D eigenvalue weighted by atomic mass is 9.85. The zero-order valence-electron chi connectivity index (χ0n) is 25.5. The van der Waals surface area contributed by atoms with E-state index >= 15 is 0 Å². The third-order valence-corrected chi connectivity index (χ3v) is 9.29. The minimum absolute atomic E-state index is 0.0668. The number of aliphatic hydroxyl groups is 1. The number of unbranched alkanes of at least 4 members (excludes halogenated alkanes) is 6. The van der Waals surface area contributed by atoms with Crippen LogP contribution in [0.2, 0.25) is 0 Å². The summed E-state index contributed by atoms with van der Waals surface area (Å²) >= 11 is 5.05. The van der Waals surface area contributed by atoms with Crippen molar-refractivity contribution in [2.75, 3.05) is 11.9 Å². The Morgan fingerprint density at radius 1 is 1.07 bits per heavy atom. The number of aromatic nitrogens is 1. The number of amides is 3. The first kappa shape index (κ1) is 34.2. The van der Waals surface area contributed by atoms with E-state index in [0.29, 0.717) is 13.0 Å². The van der Waals surface area contributed by atoms with Crippen LogP contribution in [0.4, 0.5) is 0 Å². The van der Waals surface area contributed by atoms with Crippen molar-refractivity contribution in [2.45, 2.75) is 110 Å². The Labute approximate surface area is 263 Å². The summed E-state index contributed by atoms with van der Waals surface area (Å²) in [4.78, 5) is 46.7. The predicted molar refractivity (Wildman–Crippen MR) is 172 cm³/mol. The van der Waals surface area contributed by atoms with Crippen molar-refractivity contribution in [2.24, 2.45) is 5.41 Å². The smallest absolute Gasteiger partial charge is 0.246 e. The predicted octanol–water partition coefficient (Wildman–Crippen LogP) is 5.74. The Kier molecular flexibility index (Phi) is 13.5. The topological polar surface area (TPSA) is 112 Å². The zero-order chi connectivity index (χ0) is 30.7. The van der Waals surface area contributed by atoms with Crippen LogP contribution in [-0.2, 0) is 20.9 Å². The molecule has 0 saturated carbocycles. The number of nitrogens with zero attached hydrogens (tertiary/aromatic N) is 2. The molecule has 232 valence electrons. The number of alkyl halides is 1. The van der Waals surface area contributed by atoms with E-state index < -0.39 is 23.6 Å². The van der Waals surface area contributed by atoms with Gasteiger partial charge in [-0.25, -0.2) is 4.98 Å². The van der Waals surface area contributed by atoms with Crippen molar-refractivity contribution in [3.8, 4) is 10.4 Å². The van der Waals surface area contributed by atoms with Crippen LogP contribution in [0, 0.1) is 12.3 Å². The van der Waals surface area contributed by atoms with E-state index in [-0.39, 0.29) is 30.7 Å². The maximum absolute atomic E-state index is 13.8. The summed E-state index contributed by atoms with van der Waals surface area (Å²) < 4.78 is 0. The second-order valence-electron chi connectivity index (χ2n) is 12.4. The Morgan fingerprint density at radius 2 is 1.71 bits per heavy atom. The first-order valence-electron chi connectivity index (χ1n) is 15.1. The lowest BCUT2D eigenvalue weighted by Gasteiger charge is -2.35. The fraction of sp³-hybridized carbons (Fsp3) is 0.625. The van der Waals surface area contributed by atoms with E-state index in [1.54, 1.807) is 11.3 Å². The van der Waals surface area contributed by atoms with E-state index in [1.807, 2.05) is 57.5 Å². The molecule has 2 heterocycles. The van der Waals surface area contributed by atoms with Gasteiger partial charge in [0.05, 0.1) is 22.2 Å². The number of carbonyl (C=O) groups is 3. The van der Waals surface area contributed by atoms with Gasteiger partial charge in [-0.3, -0.25) is 14.4 Å². The van der Waals surface area contributed by atoms with Gasteiger partial charge in [-0.15, -0.1) is 11.3 Å². The summed E-state index contributed by atoms with van der Waals surface area (Å²) in [6.45, 7) is 8.07. The van der Waals surface area contributed by atoms with Crippen LogP contribution in [0.5, 0.6) is 0 Å². The molecule has 1 aliphatic heterocycles. The second-order valence-corrected chi connectivity index (χ2v) is 14.0. The van der Waals surface area contributed by atoms with Crippen LogP contribution in [0.25, 0.3) is 10.4 Å². The SMILES string of the molecule is Cc1ncsc1-c1ccc(CNC(=O)C2CC(O)CN2C(=O)C(NC(=O)CCCCCCCCCBr)C(C)(C)C)cc1. The largest absolute Gasteiger partial charge is 0.391 e. The highest BCUT2D eigenvalue weighted by atomic mass is 79.9. The molecule has 0 aliphatic carbocycles. The molecule has 3 rings (SSSR count). The van der Waals surface area contributed by atoms with Gasteiger partial charge in [-0.1, -0.05) is 93.1 Å². The van der Waals surface area contributed by atoms with E-state index in [9.17, 15) is 19.5 Å². The lowest BCUT2D eigenvalue weighted by molar-refractivity contribution is -0.144. The lowest BCUT2D eigenvalue weighted by Crippen LogP contribution is -2.57. The third-order valence-electron chi connectivity index (χ3n) is 7.75. The van der Waals surface area contributed by atoms with Crippen molar-refractivity contribution in [1.29, 1.82) is 0 Å². The van der Waals surface area contributed by atoms with Crippen LogP contribution in [-0.4, -0.2) is 62.8 Å². The molecule has 0 radical (unpaired) electrons. The molecule has 3 N–H and O–H groups in total. The van der Waals surface area contributed by atoms with Crippen LogP contribution in [0.1, 0.15) is 89.8 Å². The summed E-state index contributed by atoms with van der Waals surface area (Å²) in [6, 6.07) is 6.38. The number of hydrogen-bond donors (Lipinski definition) is 3. The molecule has 1 fully saturated rings. The summed E-state index contributed by atoms with van der Waals surface area (Å²) in [5, 5.41) is 17.4. The number of carbonyl (C=O) groups excluding carboxylic acids is 3. The molecule has 0 spiro atoms. The zero-order valence-corrected chi connectivity index (χ0v) is 27.9. The molecular weight excluding hydrogens is 616 g/mol. The normalized spacial score (nSPS) is 17.7. The summed E-state index contributed by atoms with van der Waals surface area (Å²) in [6.07, 6.45) is 7.45. The maximum atomic E-state index is 13.8. The number of likely N-dealkylation sites (tertiary alicyclic amines) is 1. The number of aryl methyl sites for hydroxylation is 1. The van der Waals surface area contributed by atoms with E-state index in [2.05, 4.69) is 31.5 Å². The minimum Gasteiger partial charge on any atom is -0.391 e. The van der Waals surface area contributed by atoms with Gasteiger partial charge in [-0.05, 0) is 36.3 Å². The van der Waals surface area contributed by atoms with Crippen LogP contribution < -0.4 is 10.6 Å². The number of hydrogen-bond acceptors (Lipinski definition) is 6. The molecule has 1 saturated heterocycles. The number of rotatable bonds is 15. The Hall–Kier alpha value is -2.30. The summed E-state index contributed by atoms with van der Waals surface area (Å²) in [5.74, 6) is -0.790. The van der Waals surface area contributed by atoms with Crippen molar-refractivity contribution in [3.05, 3.63) is 41.0 Å². The molecule has 1 aromatic heterocycles. The standard InChI is InChI=1S/C32H47BrN4O4S/c1-22-28(42-21-35-22)24-15-13-23(14-16-24)19-34-30(40)26-18-25(38)20-37(26)31(41)29(32(2,3)4)36-27(39)12-10-8-6-5-7-9-11-17-33/h13-16,21,25-26,29,38H,5-12,17-20H2,1-4H3,(H,34,40)(H,36,39). The quantitative estimate of drug-likeness (QED) is 0.166. The molecule has 1 aromatic carbocycles. The summed E-state index contributed by atoms with van der Waals surface area (Å²) in [7, 11) is 0. The Balaban J connectivity index is 1.54. The average molecular weight is 664 g/mol. The maximum Gasteiger partial charge on any atom is 0.246 e. The molecule has 0 bridgehead atoms. The Morgan fingerprint density at radius 3 is 2.31 bits per heavy atom. The van der Waals surface area contributed by atoms with Crippen molar-refractivity contribution in [1.82, 2.24) is 20.5 Å². The molecule has 3 atom stereocenters. The van der Waals surface area contributed by atoms with Gasteiger partial charge in [0.2, 0.25) is 17.7 Å². The van der Waals surface area contributed by atoms with E-state index in [4.69, 9.17) is 0 Å². The fourth-order valence-corrected chi connectivity index (χ4v) is 6.49. The number of β-amino-alcohol motifs (C(OH)–C–C–N with tert-alkyl or cyclic N) is 1. The highest BCUT2D eigenvalue weighted by molar-refractivity contribution is 9.09. The highest BCUT2D eigenvalue weighted by Gasteiger charge is 2.44. The van der Waals surface area contributed by atoms with E-state index in [0.717, 1.165) is 46.3 Å². The number of benzene rings is 1. The molecule has 42 heavy (non-hydrogen) atoms. The first-order valence-corrected chi connectivity index (χ1v) is 17.1. The van der Waals surface area contributed by atoms with Gasteiger partial charge >= 0.3 is 0 Å². The molecule has 3 unspecified atom stereocenters. The highest BCUT2D eigenvalue weighted by Crippen LogP contribution is 2.28. The number of halogens is 1. The Bertz CT molecular complexity index is 1160. The van der Waals surface area contributed by atoms with Gasteiger partial charge in [-0.2, -0.15) is 0 Å². The van der Waals surface area contributed by atoms with Crippen LogP contribution in [0.3, 0.4) is 0 Å². The fourth-order valence-electron chi connectivity index (χ4n) is 5.28. The van der Waals surface area contributed by atoms with Crippen molar-refractivity contribution < 1.29 is 19.5 Å². The monoisotopic (exact) mass is 662 g/mol.